The number of rotatable bonds is 5. The van der Waals surface area contributed by atoms with Gasteiger partial charge in [-0.25, -0.2) is 4.98 Å². The van der Waals surface area contributed by atoms with E-state index in [9.17, 15) is 0 Å². The molecule has 0 amide bonds. The third-order valence-electron chi connectivity index (χ3n) is 6.19. The van der Waals surface area contributed by atoms with Crippen molar-refractivity contribution >= 4 is 23.2 Å². The molecule has 0 N–H and O–H groups in total. The van der Waals surface area contributed by atoms with E-state index in [-0.39, 0.29) is 0 Å². The maximum Gasteiger partial charge on any atom is 0.0991 e. The Bertz CT molecular complexity index is 1340. The first-order valence-electron chi connectivity index (χ1n) is 10.9. The summed E-state index contributed by atoms with van der Waals surface area (Å²) < 4.78 is 2.18. The molecule has 0 fully saturated rings. The Balaban J connectivity index is 1.33. The summed E-state index contributed by atoms with van der Waals surface area (Å²) in [4.78, 5) is 6.85. The summed E-state index contributed by atoms with van der Waals surface area (Å²) in [6.07, 6.45) is 4.80. The Morgan fingerprint density at radius 2 is 1.82 bits per heavy atom. The highest BCUT2D eigenvalue weighted by Crippen LogP contribution is 2.36. The van der Waals surface area contributed by atoms with E-state index in [2.05, 4.69) is 38.7 Å². The number of nitriles is 1. The molecule has 0 saturated carbocycles. The van der Waals surface area contributed by atoms with Gasteiger partial charge >= 0.3 is 0 Å². The number of hydrogen-bond donors (Lipinski definition) is 0. The van der Waals surface area contributed by atoms with Gasteiger partial charge in [0.15, 0.2) is 0 Å². The van der Waals surface area contributed by atoms with Crippen molar-refractivity contribution in [3.05, 3.63) is 111 Å². The Labute approximate surface area is 203 Å². The van der Waals surface area contributed by atoms with Crippen LogP contribution in [0.3, 0.4) is 0 Å². The van der Waals surface area contributed by atoms with Crippen molar-refractivity contribution in [1.82, 2.24) is 14.5 Å². The van der Waals surface area contributed by atoms with Gasteiger partial charge in [0.2, 0.25) is 0 Å². The maximum atomic E-state index is 9.01. The van der Waals surface area contributed by atoms with Crippen molar-refractivity contribution in [2.75, 3.05) is 6.54 Å². The van der Waals surface area contributed by atoms with Gasteiger partial charge in [0.1, 0.15) is 0 Å². The molecule has 5 rings (SSSR count). The smallest absolute Gasteiger partial charge is 0.0991 e. The summed E-state index contributed by atoms with van der Waals surface area (Å²) in [5.41, 5.74) is 7.94. The molecular formula is C27H22Cl2N4. The van der Waals surface area contributed by atoms with Crippen LogP contribution in [0.2, 0.25) is 10.0 Å². The van der Waals surface area contributed by atoms with Gasteiger partial charge in [0, 0.05) is 48.0 Å². The molecular weight excluding hydrogens is 451 g/mol. The third-order valence-corrected chi connectivity index (χ3v) is 6.73. The van der Waals surface area contributed by atoms with Gasteiger partial charge in [-0.05, 0) is 52.9 Å². The molecule has 6 heteroatoms. The van der Waals surface area contributed by atoms with Crippen LogP contribution >= 0.6 is 23.2 Å². The SMILES string of the molecule is N#Cc1ccc(Cn2cncc2CN2CCc3c(cccc3-c3ccc(Cl)cc3Cl)C2)cc1. The van der Waals surface area contributed by atoms with Crippen LogP contribution in [0.5, 0.6) is 0 Å². The van der Waals surface area contributed by atoms with E-state index < -0.39 is 0 Å². The maximum absolute atomic E-state index is 9.01. The fourth-order valence-corrected chi connectivity index (χ4v) is 5.01. The predicted molar refractivity (Wildman–Crippen MR) is 132 cm³/mol. The summed E-state index contributed by atoms with van der Waals surface area (Å²) in [7, 11) is 0. The van der Waals surface area contributed by atoms with E-state index >= 15 is 0 Å². The lowest BCUT2D eigenvalue weighted by atomic mass is 9.90. The van der Waals surface area contributed by atoms with Gasteiger partial charge in [-0.2, -0.15) is 5.26 Å². The van der Waals surface area contributed by atoms with Crippen LogP contribution in [0.1, 0.15) is 27.9 Å². The minimum Gasteiger partial charge on any atom is -0.329 e. The Morgan fingerprint density at radius 1 is 0.970 bits per heavy atom. The highest BCUT2D eigenvalue weighted by Gasteiger charge is 2.21. The van der Waals surface area contributed by atoms with Crippen molar-refractivity contribution in [2.45, 2.75) is 26.1 Å². The van der Waals surface area contributed by atoms with Gasteiger partial charge in [0.05, 0.1) is 23.7 Å². The predicted octanol–water partition coefficient (Wildman–Crippen LogP) is 6.34. The molecule has 0 spiro atoms. The monoisotopic (exact) mass is 472 g/mol. The first-order valence-corrected chi connectivity index (χ1v) is 11.6. The molecule has 0 saturated heterocycles. The van der Waals surface area contributed by atoms with E-state index in [1.165, 1.54) is 22.4 Å². The number of fused-ring (bicyclic) bond motifs is 1. The molecule has 4 nitrogen and oxygen atoms in total. The fourth-order valence-electron chi connectivity index (χ4n) is 4.50. The molecule has 0 unspecified atom stereocenters. The molecule has 164 valence electrons. The van der Waals surface area contributed by atoms with Crippen LogP contribution in [-0.4, -0.2) is 21.0 Å². The minimum absolute atomic E-state index is 0.650. The molecule has 0 aliphatic carbocycles. The minimum atomic E-state index is 0.650. The number of nitrogens with zero attached hydrogens (tertiary/aromatic N) is 4. The second-order valence-corrected chi connectivity index (χ2v) is 9.19. The highest BCUT2D eigenvalue weighted by atomic mass is 35.5. The number of benzene rings is 3. The molecule has 3 aromatic carbocycles. The van der Waals surface area contributed by atoms with Crippen LogP contribution in [0.4, 0.5) is 0 Å². The summed E-state index contributed by atoms with van der Waals surface area (Å²) >= 11 is 12.6. The molecule has 1 aromatic heterocycles. The first kappa shape index (κ1) is 21.7. The second kappa shape index (κ2) is 9.41. The Kier molecular flexibility index (Phi) is 6.20. The summed E-state index contributed by atoms with van der Waals surface area (Å²) in [5.74, 6) is 0. The standard InChI is InChI=1S/C27H22Cl2N4/c28-22-8-9-26(27(29)12-22)25-3-1-2-21-16-32(11-10-24(21)25)17-23-14-31-18-33(23)15-20-6-4-19(13-30)5-7-20/h1-9,12,14,18H,10-11,15-17H2. The van der Waals surface area contributed by atoms with E-state index in [1.54, 1.807) is 0 Å². The normalized spacial score (nSPS) is 13.5. The zero-order chi connectivity index (χ0) is 22.8. The van der Waals surface area contributed by atoms with Gasteiger partial charge in [-0.15, -0.1) is 0 Å². The first-order chi connectivity index (χ1) is 16.1. The Hall–Kier alpha value is -3.10. The van der Waals surface area contributed by atoms with E-state index in [1.807, 2.05) is 55.0 Å². The molecule has 1 aliphatic heterocycles. The van der Waals surface area contributed by atoms with Crippen molar-refractivity contribution in [3.63, 3.8) is 0 Å². The zero-order valence-corrected chi connectivity index (χ0v) is 19.5. The fraction of sp³-hybridized carbons (Fsp3) is 0.185. The second-order valence-electron chi connectivity index (χ2n) is 8.35. The van der Waals surface area contributed by atoms with Crippen molar-refractivity contribution < 1.29 is 0 Å². The van der Waals surface area contributed by atoms with Gasteiger partial charge in [-0.1, -0.05) is 59.6 Å². The molecule has 0 radical (unpaired) electrons. The van der Waals surface area contributed by atoms with Crippen LogP contribution < -0.4 is 0 Å². The highest BCUT2D eigenvalue weighted by molar-refractivity contribution is 6.36. The van der Waals surface area contributed by atoms with Crippen LogP contribution in [-0.2, 0) is 26.1 Å². The van der Waals surface area contributed by atoms with Gasteiger partial charge in [-0.3, -0.25) is 4.90 Å². The van der Waals surface area contributed by atoms with E-state index in [4.69, 9.17) is 28.5 Å². The molecule has 0 atom stereocenters. The van der Waals surface area contributed by atoms with Crippen molar-refractivity contribution in [1.29, 1.82) is 5.26 Å². The number of halogens is 2. The van der Waals surface area contributed by atoms with E-state index in [0.29, 0.717) is 15.6 Å². The third kappa shape index (κ3) is 4.67. The van der Waals surface area contributed by atoms with Crippen molar-refractivity contribution in [2.24, 2.45) is 0 Å². The summed E-state index contributed by atoms with van der Waals surface area (Å²) in [6.45, 7) is 3.43. The molecule has 1 aliphatic rings. The van der Waals surface area contributed by atoms with E-state index in [0.717, 1.165) is 43.7 Å². The van der Waals surface area contributed by atoms with Crippen LogP contribution in [0.25, 0.3) is 11.1 Å². The zero-order valence-electron chi connectivity index (χ0n) is 18.0. The average Bonchev–Trinajstić information content (AvgIpc) is 3.25. The molecule has 0 bridgehead atoms. The Morgan fingerprint density at radius 3 is 2.61 bits per heavy atom. The number of hydrogen-bond acceptors (Lipinski definition) is 3. The molecule has 4 aromatic rings. The topological polar surface area (TPSA) is 44.9 Å². The summed E-state index contributed by atoms with van der Waals surface area (Å²) in [5, 5.41) is 10.3. The lowest BCUT2D eigenvalue weighted by molar-refractivity contribution is 0.240. The molecule has 2 heterocycles. The number of imidazole rings is 1. The van der Waals surface area contributed by atoms with Crippen LogP contribution in [0, 0.1) is 11.3 Å². The lowest BCUT2D eigenvalue weighted by Gasteiger charge is -2.30. The molecule has 33 heavy (non-hydrogen) atoms. The van der Waals surface area contributed by atoms with Gasteiger partial charge in [0.25, 0.3) is 0 Å². The number of aromatic nitrogens is 2. The quantitative estimate of drug-likeness (QED) is 0.340. The largest absolute Gasteiger partial charge is 0.329 e. The average molecular weight is 473 g/mol. The van der Waals surface area contributed by atoms with Crippen molar-refractivity contribution in [3.8, 4) is 17.2 Å². The van der Waals surface area contributed by atoms with Crippen LogP contribution in [0.15, 0.2) is 73.2 Å². The lowest BCUT2D eigenvalue weighted by Crippen LogP contribution is -2.31. The van der Waals surface area contributed by atoms with Gasteiger partial charge < -0.3 is 4.57 Å². The summed E-state index contributed by atoms with van der Waals surface area (Å²) in [6, 6.07) is 22.1.